The first-order chi connectivity index (χ1) is 18.3. The van der Waals surface area contributed by atoms with Crippen LogP contribution in [0.15, 0.2) is 65.8 Å². The minimum Gasteiger partial charge on any atom is -0.349 e. The molecule has 3 heterocycles. The second-order valence-electron chi connectivity index (χ2n) is 9.31. The lowest BCUT2D eigenvalue weighted by Gasteiger charge is -2.32. The number of carbonyl (C=O) groups is 1. The number of nitrogens with zero attached hydrogens (tertiary/aromatic N) is 4. The molecule has 4 aromatic rings. The average Bonchev–Trinajstić information content (AvgIpc) is 3.36. The number of nitriles is 1. The van der Waals surface area contributed by atoms with Crippen molar-refractivity contribution in [3.05, 3.63) is 76.9 Å². The normalized spacial score (nSPS) is 14.7. The Hall–Kier alpha value is -3.85. The number of rotatable bonds is 7. The van der Waals surface area contributed by atoms with Crippen LogP contribution in [0.5, 0.6) is 0 Å². The van der Waals surface area contributed by atoms with E-state index in [-0.39, 0.29) is 11.9 Å². The first-order valence-corrected chi connectivity index (χ1v) is 14.8. The molecule has 0 radical (unpaired) electrons. The van der Waals surface area contributed by atoms with Gasteiger partial charge in [-0.3, -0.25) is 9.69 Å². The molecular weight excluding hydrogens is 520 g/mol. The second kappa shape index (κ2) is 10.9. The van der Waals surface area contributed by atoms with Crippen LogP contribution < -0.4 is 10.6 Å². The number of likely N-dealkylation sites (tertiary alicyclic amines) is 1. The zero-order valence-electron chi connectivity index (χ0n) is 20.7. The van der Waals surface area contributed by atoms with Crippen LogP contribution in [0.1, 0.15) is 33.6 Å². The van der Waals surface area contributed by atoms with Gasteiger partial charge >= 0.3 is 0 Å². The number of fused-ring (bicyclic) bond motifs is 1. The van der Waals surface area contributed by atoms with Crippen molar-refractivity contribution in [2.24, 2.45) is 0 Å². The fraction of sp³-hybridized carbons (Fsp3) is 0.259. The van der Waals surface area contributed by atoms with E-state index in [1.54, 1.807) is 36.4 Å². The van der Waals surface area contributed by atoms with Crippen LogP contribution in [0.4, 0.5) is 11.5 Å². The minimum atomic E-state index is -3.20. The van der Waals surface area contributed by atoms with Gasteiger partial charge in [0.2, 0.25) is 0 Å². The molecule has 1 amide bonds. The van der Waals surface area contributed by atoms with Crippen molar-refractivity contribution in [1.82, 2.24) is 20.2 Å². The SMILES string of the molecule is CS(=O)(=O)c1ccc(CN2CCC(NC(=O)c3cc4c(Nc5cccc(C#N)c5)ncnc4s3)CC2)cc1. The number of thiophene rings is 1. The van der Waals surface area contributed by atoms with Gasteiger partial charge < -0.3 is 10.6 Å². The summed E-state index contributed by atoms with van der Waals surface area (Å²) in [6, 6.07) is 18.1. The van der Waals surface area contributed by atoms with E-state index in [9.17, 15) is 13.2 Å². The average molecular weight is 547 g/mol. The lowest BCUT2D eigenvalue weighted by Crippen LogP contribution is -2.44. The summed E-state index contributed by atoms with van der Waals surface area (Å²) in [4.78, 5) is 25.6. The van der Waals surface area contributed by atoms with Crippen LogP contribution >= 0.6 is 11.3 Å². The highest BCUT2D eigenvalue weighted by molar-refractivity contribution is 7.90. The van der Waals surface area contributed by atoms with Crippen molar-refractivity contribution < 1.29 is 13.2 Å². The Kier molecular flexibility index (Phi) is 7.37. The molecule has 2 aromatic carbocycles. The summed E-state index contributed by atoms with van der Waals surface area (Å²) in [5.41, 5.74) is 2.34. The lowest BCUT2D eigenvalue weighted by molar-refractivity contribution is 0.0913. The highest BCUT2D eigenvalue weighted by atomic mass is 32.2. The number of anilines is 2. The Bertz CT molecular complexity index is 1620. The third-order valence-electron chi connectivity index (χ3n) is 6.49. The van der Waals surface area contributed by atoms with E-state index in [2.05, 4.69) is 31.6 Å². The molecule has 2 N–H and O–H groups in total. The molecule has 1 fully saturated rings. The second-order valence-corrected chi connectivity index (χ2v) is 12.4. The molecule has 2 aromatic heterocycles. The van der Waals surface area contributed by atoms with E-state index in [0.29, 0.717) is 26.0 Å². The van der Waals surface area contributed by atoms with Crippen LogP contribution in [-0.4, -0.2) is 54.6 Å². The standard InChI is InChI=1S/C27H26N6O3S2/c1-38(35,36)22-7-5-18(6-8-22)16-33-11-9-20(10-12-33)32-26(34)24-14-23-25(29-17-30-27(23)37-24)31-21-4-2-3-19(13-21)15-28/h2-8,13-14,17,20H,9-12,16H2,1H3,(H,32,34)(H,29,30,31). The Morgan fingerprint density at radius 3 is 2.61 bits per heavy atom. The van der Waals surface area contributed by atoms with E-state index < -0.39 is 9.84 Å². The molecule has 0 aliphatic carbocycles. The van der Waals surface area contributed by atoms with Gasteiger partial charge in [-0.25, -0.2) is 18.4 Å². The maximum absolute atomic E-state index is 13.1. The largest absolute Gasteiger partial charge is 0.349 e. The first kappa shape index (κ1) is 25.8. The predicted molar refractivity (Wildman–Crippen MR) is 147 cm³/mol. The van der Waals surface area contributed by atoms with E-state index in [1.165, 1.54) is 23.9 Å². The van der Waals surface area contributed by atoms with Gasteiger partial charge in [0, 0.05) is 37.6 Å². The summed E-state index contributed by atoms with van der Waals surface area (Å²) in [7, 11) is -3.20. The van der Waals surface area contributed by atoms with E-state index >= 15 is 0 Å². The summed E-state index contributed by atoms with van der Waals surface area (Å²) in [6.45, 7) is 2.42. The molecule has 0 unspecified atom stereocenters. The molecule has 38 heavy (non-hydrogen) atoms. The van der Waals surface area contributed by atoms with E-state index in [4.69, 9.17) is 5.26 Å². The molecule has 1 aliphatic rings. The quantitative estimate of drug-likeness (QED) is 0.355. The number of sulfone groups is 1. The Morgan fingerprint density at radius 1 is 1.13 bits per heavy atom. The van der Waals surface area contributed by atoms with Gasteiger partial charge in [0.1, 0.15) is 17.0 Å². The van der Waals surface area contributed by atoms with Crippen LogP contribution in [0, 0.1) is 11.3 Å². The summed E-state index contributed by atoms with van der Waals surface area (Å²) in [5, 5.41) is 16.3. The number of piperidine rings is 1. The van der Waals surface area contributed by atoms with Crippen molar-refractivity contribution in [1.29, 1.82) is 5.26 Å². The van der Waals surface area contributed by atoms with E-state index in [0.717, 1.165) is 49.1 Å². The Balaban J connectivity index is 1.19. The number of hydrogen-bond donors (Lipinski definition) is 2. The van der Waals surface area contributed by atoms with Crippen LogP contribution in [0.25, 0.3) is 10.2 Å². The zero-order valence-corrected chi connectivity index (χ0v) is 22.3. The molecule has 1 aliphatic heterocycles. The highest BCUT2D eigenvalue weighted by Crippen LogP contribution is 2.30. The van der Waals surface area contributed by atoms with Crippen molar-refractivity contribution in [3.63, 3.8) is 0 Å². The maximum atomic E-state index is 13.1. The number of nitrogens with one attached hydrogen (secondary N) is 2. The van der Waals surface area contributed by atoms with Gasteiger partial charge in [-0.05, 0) is 54.8 Å². The number of aromatic nitrogens is 2. The monoisotopic (exact) mass is 546 g/mol. The molecule has 1 saturated heterocycles. The topological polar surface area (TPSA) is 128 Å². The molecule has 0 spiro atoms. The smallest absolute Gasteiger partial charge is 0.261 e. The molecule has 9 nitrogen and oxygen atoms in total. The Morgan fingerprint density at radius 2 is 1.89 bits per heavy atom. The molecule has 11 heteroatoms. The van der Waals surface area contributed by atoms with Crippen molar-refractivity contribution in [3.8, 4) is 6.07 Å². The molecular formula is C27H26N6O3S2. The molecule has 5 rings (SSSR count). The highest BCUT2D eigenvalue weighted by Gasteiger charge is 2.23. The Labute approximate surface area is 225 Å². The van der Waals surface area contributed by atoms with Crippen LogP contribution in [0.2, 0.25) is 0 Å². The van der Waals surface area contributed by atoms with Crippen LogP contribution in [-0.2, 0) is 16.4 Å². The first-order valence-electron chi connectivity index (χ1n) is 12.1. The number of amides is 1. The third-order valence-corrected chi connectivity index (χ3v) is 8.66. The fourth-order valence-corrected chi connectivity index (χ4v) is 6.00. The minimum absolute atomic E-state index is 0.0778. The van der Waals surface area contributed by atoms with Gasteiger partial charge in [-0.2, -0.15) is 5.26 Å². The summed E-state index contributed by atoms with van der Waals surface area (Å²) in [5.74, 6) is 0.457. The number of carbonyl (C=O) groups excluding carboxylic acids is 1. The lowest BCUT2D eigenvalue weighted by atomic mass is 10.0. The van der Waals surface area contributed by atoms with Crippen molar-refractivity contribution in [2.45, 2.75) is 30.3 Å². The predicted octanol–water partition coefficient (Wildman–Crippen LogP) is 4.10. The van der Waals surface area contributed by atoms with Crippen molar-refractivity contribution >= 4 is 48.8 Å². The summed E-state index contributed by atoms with van der Waals surface area (Å²) < 4.78 is 23.3. The number of benzene rings is 2. The van der Waals surface area contributed by atoms with Gasteiger partial charge in [-0.1, -0.05) is 18.2 Å². The zero-order chi connectivity index (χ0) is 26.7. The number of hydrogen-bond acceptors (Lipinski definition) is 9. The van der Waals surface area contributed by atoms with Gasteiger partial charge in [0.15, 0.2) is 9.84 Å². The van der Waals surface area contributed by atoms with Crippen LogP contribution in [0.3, 0.4) is 0 Å². The van der Waals surface area contributed by atoms with Crippen molar-refractivity contribution in [2.75, 3.05) is 24.7 Å². The summed E-state index contributed by atoms with van der Waals surface area (Å²) in [6.07, 6.45) is 4.33. The summed E-state index contributed by atoms with van der Waals surface area (Å²) >= 11 is 1.32. The fourth-order valence-electron chi connectivity index (χ4n) is 4.46. The maximum Gasteiger partial charge on any atom is 0.261 e. The molecule has 0 bridgehead atoms. The molecule has 0 saturated carbocycles. The van der Waals surface area contributed by atoms with E-state index in [1.807, 2.05) is 18.2 Å². The molecule has 194 valence electrons. The molecule has 0 atom stereocenters. The third kappa shape index (κ3) is 5.99. The van der Waals surface area contributed by atoms with Gasteiger partial charge in [0.25, 0.3) is 5.91 Å². The van der Waals surface area contributed by atoms with Gasteiger partial charge in [-0.15, -0.1) is 11.3 Å². The van der Waals surface area contributed by atoms with Gasteiger partial charge in [0.05, 0.1) is 26.8 Å².